The van der Waals surface area contributed by atoms with E-state index in [1.165, 1.54) is 0 Å². The summed E-state index contributed by atoms with van der Waals surface area (Å²) < 4.78 is 7.31. The zero-order valence-electron chi connectivity index (χ0n) is 15.2. The number of rotatable bonds is 5. The Morgan fingerprint density at radius 2 is 1.89 bits per heavy atom. The zero-order valence-corrected chi connectivity index (χ0v) is 15.2. The minimum atomic E-state index is -0.366. The molecule has 28 heavy (non-hydrogen) atoms. The molecule has 0 saturated carbocycles. The van der Waals surface area contributed by atoms with Gasteiger partial charge in [-0.2, -0.15) is 0 Å². The summed E-state index contributed by atoms with van der Waals surface area (Å²) in [5.74, 6) is -0.153. The highest BCUT2D eigenvalue weighted by Gasteiger charge is 2.16. The molecule has 2 aromatic heterocycles. The fourth-order valence-electron chi connectivity index (χ4n) is 3.11. The van der Waals surface area contributed by atoms with Crippen molar-refractivity contribution >= 4 is 29.0 Å². The monoisotopic (exact) mass is 379 g/mol. The lowest BCUT2D eigenvalue weighted by molar-refractivity contribution is 0.0858. The van der Waals surface area contributed by atoms with Crippen molar-refractivity contribution in [2.75, 3.05) is 23.8 Å². The van der Waals surface area contributed by atoms with E-state index in [0.717, 1.165) is 25.1 Å². The second-order valence-electron chi connectivity index (χ2n) is 6.61. The van der Waals surface area contributed by atoms with Crippen LogP contribution in [0.4, 0.5) is 16.2 Å². The lowest BCUT2D eigenvalue weighted by Crippen LogP contribution is -2.31. The van der Waals surface area contributed by atoms with E-state index in [-0.39, 0.29) is 18.0 Å². The Labute approximate surface area is 161 Å². The average Bonchev–Trinajstić information content (AvgIpc) is 3.38. The number of aromatic nitrogens is 2. The maximum absolute atomic E-state index is 12.2. The number of benzene rings is 1. The Hall–Kier alpha value is -3.39. The quantitative estimate of drug-likeness (QED) is 0.635. The van der Waals surface area contributed by atoms with Crippen molar-refractivity contribution in [2.24, 2.45) is 0 Å². The summed E-state index contributed by atoms with van der Waals surface area (Å²) in [6, 6.07) is 9.98. The Balaban J connectivity index is 1.30. The fraction of sp³-hybridized carbons (Fsp3) is 0.250. The lowest BCUT2D eigenvalue weighted by atomic mass is 10.2. The van der Waals surface area contributed by atoms with Gasteiger partial charge in [-0.05, 0) is 49.2 Å². The van der Waals surface area contributed by atoms with E-state index in [1.807, 2.05) is 10.5 Å². The molecule has 1 aliphatic heterocycles. The van der Waals surface area contributed by atoms with E-state index in [2.05, 4.69) is 20.9 Å². The highest BCUT2D eigenvalue weighted by molar-refractivity contribution is 6.00. The van der Waals surface area contributed by atoms with Gasteiger partial charge < -0.3 is 25.1 Å². The molecule has 1 fully saturated rings. The number of imidazole rings is 1. The Bertz CT molecular complexity index is 977. The van der Waals surface area contributed by atoms with E-state index in [1.54, 1.807) is 48.9 Å². The van der Waals surface area contributed by atoms with Gasteiger partial charge in [0.15, 0.2) is 0 Å². The van der Waals surface area contributed by atoms with E-state index in [9.17, 15) is 9.59 Å². The number of ether oxygens (including phenoxy) is 1. The van der Waals surface area contributed by atoms with Crippen LogP contribution in [-0.2, 0) is 4.74 Å². The fourth-order valence-corrected chi connectivity index (χ4v) is 3.11. The van der Waals surface area contributed by atoms with Crippen molar-refractivity contribution in [2.45, 2.75) is 18.9 Å². The molecule has 4 rings (SSSR count). The number of nitrogens with zero attached hydrogens (tertiary/aromatic N) is 2. The molecule has 0 spiro atoms. The summed E-state index contributed by atoms with van der Waals surface area (Å²) >= 11 is 0. The topological polar surface area (TPSA) is 96.8 Å². The molecule has 1 aromatic carbocycles. The molecule has 3 N–H and O–H groups in total. The first kappa shape index (κ1) is 18.0. The van der Waals surface area contributed by atoms with Crippen molar-refractivity contribution in [3.05, 3.63) is 60.6 Å². The number of urea groups is 1. The number of nitrogens with one attached hydrogen (secondary N) is 3. The second-order valence-corrected chi connectivity index (χ2v) is 6.61. The number of hydrogen-bond acceptors (Lipinski definition) is 4. The predicted octanol–water partition coefficient (Wildman–Crippen LogP) is 2.89. The molecular formula is C20H21N5O3. The minimum Gasteiger partial charge on any atom is -0.376 e. The van der Waals surface area contributed by atoms with Crippen molar-refractivity contribution in [1.82, 2.24) is 14.7 Å². The highest BCUT2D eigenvalue weighted by Crippen LogP contribution is 2.14. The van der Waals surface area contributed by atoms with Crippen LogP contribution in [0.15, 0.2) is 55.0 Å². The summed E-state index contributed by atoms with van der Waals surface area (Å²) in [6.45, 7) is 1.28. The van der Waals surface area contributed by atoms with Crippen molar-refractivity contribution in [3.8, 4) is 0 Å². The van der Waals surface area contributed by atoms with Crippen molar-refractivity contribution < 1.29 is 14.3 Å². The largest absolute Gasteiger partial charge is 0.376 e. The van der Waals surface area contributed by atoms with E-state index in [4.69, 9.17) is 4.74 Å². The van der Waals surface area contributed by atoms with Crippen LogP contribution in [0.3, 0.4) is 0 Å². The number of pyridine rings is 1. The molecule has 0 aliphatic carbocycles. The van der Waals surface area contributed by atoms with E-state index >= 15 is 0 Å². The third kappa shape index (κ3) is 4.29. The van der Waals surface area contributed by atoms with E-state index in [0.29, 0.717) is 23.5 Å². The van der Waals surface area contributed by atoms with Gasteiger partial charge in [0.1, 0.15) is 5.65 Å². The van der Waals surface area contributed by atoms with Crippen LogP contribution >= 0.6 is 0 Å². The Kier molecular flexibility index (Phi) is 5.20. The van der Waals surface area contributed by atoms with Crippen LogP contribution in [0.25, 0.3) is 5.65 Å². The Morgan fingerprint density at radius 3 is 2.68 bits per heavy atom. The van der Waals surface area contributed by atoms with Crippen LogP contribution < -0.4 is 16.0 Å². The molecule has 1 unspecified atom stereocenters. The molecule has 8 nitrogen and oxygen atoms in total. The summed E-state index contributed by atoms with van der Waals surface area (Å²) in [6.07, 6.45) is 7.41. The highest BCUT2D eigenvalue weighted by atomic mass is 16.5. The van der Waals surface area contributed by atoms with Gasteiger partial charge in [0.25, 0.3) is 5.91 Å². The smallest absolute Gasteiger partial charge is 0.323 e. The maximum Gasteiger partial charge on any atom is 0.323 e. The standard InChI is InChI=1S/C20H21N5O3/c26-19(22-12-17-2-1-11-28-17)14-3-5-15(6-4-14)23-20(27)24-16-7-8-18-21-9-10-25(18)13-16/h3-10,13,17H,1-2,11-12H2,(H,22,26)(H2,23,24,27). The first-order chi connectivity index (χ1) is 13.7. The summed E-state index contributed by atoms with van der Waals surface area (Å²) in [5.41, 5.74) is 2.58. The van der Waals surface area contributed by atoms with Crippen molar-refractivity contribution in [3.63, 3.8) is 0 Å². The predicted molar refractivity (Wildman–Crippen MR) is 106 cm³/mol. The second kappa shape index (κ2) is 8.10. The molecule has 3 aromatic rings. The average molecular weight is 379 g/mol. The van der Waals surface area contributed by atoms with E-state index < -0.39 is 0 Å². The van der Waals surface area contributed by atoms with Gasteiger partial charge >= 0.3 is 6.03 Å². The molecule has 0 bridgehead atoms. The van der Waals surface area contributed by atoms with Crippen LogP contribution in [0.2, 0.25) is 0 Å². The van der Waals surface area contributed by atoms with Gasteiger partial charge in [0.05, 0.1) is 11.8 Å². The number of carbonyl (C=O) groups is 2. The molecule has 144 valence electrons. The van der Waals surface area contributed by atoms with Gasteiger partial charge in [0, 0.05) is 43.0 Å². The summed E-state index contributed by atoms with van der Waals surface area (Å²) in [4.78, 5) is 28.5. The molecule has 3 heterocycles. The SMILES string of the molecule is O=C(Nc1ccc(C(=O)NCC2CCCO2)cc1)Nc1ccc2nccn2c1. The number of fused-ring (bicyclic) bond motifs is 1. The minimum absolute atomic E-state index is 0.107. The molecular weight excluding hydrogens is 358 g/mol. The zero-order chi connectivity index (χ0) is 19.3. The van der Waals surface area contributed by atoms with Crippen LogP contribution in [0, 0.1) is 0 Å². The molecule has 1 saturated heterocycles. The number of hydrogen-bond donors (Lipinski definition) is 3. The molecule has 0 radical (unpaired) electrons. The first-order valence-corrected chi connectivity index (χ1v) is 9.18. The number of carbonyl (C=O) groups excluding carboxylic acids is 2. The van der Waals surface area contributed by atoms with Gasteiger partial charge in [-0.1, -0.05) is 0 Å². The van der Waals surface area contributed by atoms with Gasteiger partial charge in [-0.25, -0.2) is 9.78 Å². The summed E-state index contributed by atoms with van der Waals surface area (Å²) in [5, 5.41) is 8.39. The van der Waals surface area contributed by atoms with Gasteiger partial charge in [0.2, 0.25) is 0 Å². The number of amides is 3. The van der Waals surface area contributed by atoms with Crippen LogP contribution in [0.1, 0.15) is 23.2 Å². The molecule has 1 aliphatic rings. The lowest BCUT2D eigenvalue weighted by Gasteiger charge is -2.11. The van der Waals surface area contributed by atoms with Gasteiger partial charge in [-0.15, -0.1) is 0 Å². The van der Waals surface area contributed by atoms with Gasteiger partial charge in [-0.3, -0.25) is 4.79 Å². The Morgan fingerprint density at radius 1 is 1.11 bits per heavy atom. The normalized spacial score (nSPS) is 16.1. The van der Waals surface area contributed by atoms with Crippen LogP contribution in [0.5, 0.6) is 0 Å². The number of anilines is 2. The van der Waals surface area contributed by atoms with Crippen molar-refractivity contribution in [1.29, 1.82) is 0 Å². The molecule has 8 heteroatoms. The first-order valence-electron chi connectivity index (χ1n) is 9.18. The third-order valence-corrected chi connectivity index (χ3v) is 4.57. The summed E-state index contributed by atoms with van der Waals surface area (Å²) in [7, 11) is 0. The van der Waals surface area contributed by atoms with Crippen LogP contribution in [-0.4, -0.2) is 40.6 Å². The molecule has 3 amide bonds. The molecule has 1 atom stereocenters. The maximum atomic E-state index is 12.2. The third-order valence-electron chi connectivity index (χ3n) is 4.57.